The van der Waals surface area contributed by atoms with Crippen molar-refractivity contribution in [1.29, 1.82) is 0 Å². The van der Waals surface area contributed by atoms with Crippen LogP contribution in [0.1, 0.15) is 38.2 Å². The summed E-state index contributed by atoms with van der Waals surface area (Å²) in [6, 6.07) is 10.3. The molecule has 0 spiro atoms. The van der Waals surface area contributed by atoms with E-state index in [-0.39, 0.29) is 0 Å². The Bertz CT molecular complexity index is 572. The standard InChI is InChI=1S/C17H25N5/c1-3-14(2)15-6-8-16(9-7-15)21-17(18)19-10-4-12-22-13-5-11-20-22/h5-9,11,13-14H,3-4,10,12H2,1-2H3,(H3,18,19,21). The predicted octanol–water partition coefficient (Wildman–Crippen LogP) is 3.21. The van der Waals surface area contributed by atoms with Crippen LogP contribution in [0.15, 0.2) is 47.7 Å². The maximum Gasteiger partial charge on any atom is 0.193 e. The molecule has 0 aliphatic carbocycles. The molecular weight excluding hydrogens is 274 g/mol. The second-order valence-corrected chi connectivity index (χ2v) is 5.45. The molecule has 0 saturated carbocycles. The normalized spacial score (nSPS) is 13.1. The van der Waals surface area contributed by atoms with Crippen LogP contribution in [0, 0.1) is 0 Å². The largest absolute Gasteiger partial charge is 0.370 e. The number of aliphatic imine (C=N–C) groups is 1. The fraction of sp³-hybridized carbons (Fsp3) is 0.412. The van der Waals surface area contributed by atoms with Crippen LogP contribution in [-0.4, -0.2) is 22.3 Å². The van der Waals surface area contributed by atoms with Crippen molar-refractivity contribution in [2.24, 2.45) is 10.7 Å². The van der Waals surface area contributed by atoms with E-state index in [1.807, 2.05) is 29.1 Å². The third-order valence-electron chi connectivity index (χ3n) is 3.75. The third kappa shape index (κ3) is 4.91. The summed E-state index contributed by atoms with van der Waals surface area (Å²) in [5, 5.41) is 7.28. The average Bonchev–Trinajstić information content (AvgIpc) is 3.05. The molecule has 2 aromatic rings. The zero-order valence-corrected chi connectivity index (χ0v) is 13.4. The van der Waals surface area contributed by atoms with Gasteiger partial charge in [-0.25, -0.2) is 0 Å². The molecule has 1 heterocycles. The fourth-order valence-corrected chi connectivity index (χ4v) is 2.18. The fourth-order valence-electron chi connectivity index (χ4n) is 2.18. The molecule has 0 amide bonds. The first-order valence-corrected chi connectivity index (χ1v) is 7.83. The van der Waals surface area contributed by atoms with Crippen molar-refractivity contribution >= 4 is 11.6 Å². The molecule has 1 aromatic carbocycles. The predicted molar refractivity (Wildman–Crippen MR) is 92.1 cm³/mol. The highest BCUT2D eigenvalue weighted by Crippen LogP contribution is 2.20. The van der Waals surface area contributed by atoms with E-state index in [4.69, 9.17) is 5.73 Å². The minimum Gasteiger partial charge on any atom is -0.370 e. The van der Waals surface area contributed by atoms with E-state index in [1.54, 1.807) is 6.20 Å². The lowest BCUT2D eigenvalue weighted by Crippen LogP contribution is -2.23. The molecule has 0 aliphatic heterocycles. The lowest BCUT2D eigenvalue weighted by Gasteiger charge is -2.10. The zero-order chi connectivity index (χ0) is 15.8. The molecular formula is C17H25N5. The van der Waals surface area contributed by atoms with Crippen molar-refractivity contribution in [2.75, 3.05) is 11.9 Å². The number of nitrogens with zero attached hydrogens (tertiary/aromatic N) is 3. The summed E-state index contributed by atoms with van der Waals surface area (Å²) in [7, 11) is 0. The highest BCUT2D eigenvalue weighted by Gasteiger charge is 2.02. The molecule has 22 heavy (non-hydrogen) atoms. The highest BCUT2D eigenvalue weighted by molar-refractivity contribution is 5.92. The van der Waals surface area contributed by atoms with Crippen LogP contribution >= 0.6 is 0 Å². The van der Waals surface area contributed by atoms with E-state index in [2.05, 4.69) is 41.4 Å². The van der Waals surface area contributed by atoms with E-state index in [1.165, 1.54) is 5.56 Å². The van der Waals surface area contributed by atoms with Crippen molar-refractivity contribution in [3.05, 3.63) is 48.3 Å². The number of nitrogens with two attached hydrogens (primary N) is 1. The quantitative estimate of drug-likeness (QED) is 0.468. The maximum atomic E-state index is 5.91. The van der Waals surface area contributed by atoms with Gasteiger partial charge < -0.3 is 11.1 Å². The van der Waals surface area contributed by atoms with Gasteiger partial charge in [0, 0.05) is 31.2 Å². The Morgan fingerprint density at radius 3 is 2.77 bits per heavy atom. The Balaban J connectivity index is 1.78. The SMILES string of the molecule is CCC(C)c1ccc(NC(N)=NCCCn2cccn2)cc1. The van der Waals surface area contributed by atoms with Crippen molar-refractivity contribution < 1.29 is 0 Å². The topological polar surface area (TPSA) is 68.2 Å². The van der Waals surface area contributed by atoms with E-state index in [0.29, 0.717) is 18.4 Å². The Morgan fingerprint density at radius 1 is 1.36 bits per heavy atom. The maximum absolute atomic E-state index is 5.91. The first-order chi connectivity index (χ1) is 10.7. The minimum atomic E-state index is 0.455. The molecule has 0 bridgehead atoms. The summed E-state index contributed by atoms with van der Waals surface area (Å²) in [5.74, 6) is 1.04. The number of rotatable bonds is 7. The van der Waals surface area contributed by atoms with E-state index < -0.39 is 0 Å². The van der Waals surface area contributed by atoms with Crippen molar-refractivity contribution in [1.82, 2.24) is 9.78 Å². The van der Waals surface area contributed by atoms with Gasteiger partial charge in [-0.3, -0.25) is 9.67 Å². The van der Waals surface area contributed by atoms with E-state index in [0.717, 1.165) is 25.1 Å². The van der Waals surface area contributed by atoms with Crippen molar-refractivity contribution in [3.8, 4) is 0 Å². The number of hydrogen-bond acceptors (Lipinski definition) is 2. The minimum absolute atomic E-state index is 0.455. The summed E-state index contributed by atoms with van der Waals surface area (Å²) >= 11 is 0. The molecule has 1 atom stereocenters. The lowest BCUT2D eigenvalue weighted by atomic mass is 9.99. The van der Waals surface area contributed by atoms with E-state index in [9.17, 15) is 0 Å². The van der Waals surface area contributed by atoms with E-state index >= 15 is 0 Å². The average molecular weight is 299 g/mol. The van der Waals surface area contributed by atoms with Crippen LogP contribution < -0.4 is 11.1 Å². The summed E-state index contributed by atoms with van der Waals surface area (Å²) < 4.78 is 1.90. The van der Waals surface area contributed by atoms with Gasteiger partial charge in [-0.1, -0.05) is 26.0 Å². The Labute approximate surface area is 132 Å². The van der Waals surface area contributed by atoms with Crippen molar-refractivity contribution in [2.45, 2.75) is 39.2 Å². The molecule has 0 radical (unpaired) electrons. The van der Waals surface area contributed by atoms with Gasteiger partial charge in [0.05, 0.1) is 0 Å². The third-order valence-corrected chi connectivity index (χ3v) is 3.75. The second kappa shape index (κ2) is 8.22. The zero-order valence-electron chi connectivity index (χ0n) is 13.4. The first kappa shape index (κ1) is 16.1. The van der Waals surface area contributed by atoms with Gasteiger partial charge in [0.25, 0.3) is 0 Å². The molecule has 0 aliphatic rings. The number of guanidine groups is 1. The van der Waals surface area contributed by atoms with Gasteiger partial charge >= 0.3 is 0 Å². The van der Waals surface area contributed by atoms with Crippen LogP contribution in [0.3, 0.4) is 0 Å². The molecule has 0 fully saturated rings. The molecule has 3 N–H and O–H groups in total. The van der Waals surface area contributed by atoms with Gasteiger partial charge in [0.1, 0.15) is 0 Å². The van der Waals surface area contributed by atoms with Gasteiger partial charge in [0.2, 0.25) is 0 Å². The summed E-state index contributed by atoms with van der Waals surface area (Å²) in [4.78, 5) is 4.33. The molecule has 2 rings (SSSR count). The summed E-state index contributed by atoms with van der Waals surface area (Å²) in [6.07, 6.45) is 5.79. The van der Waals surface area contributed by atoms with Crippen LogP contribution in [0.4, 0.5) is 5.69 Å². The highest BCUT2D eigenvalue weighted by atomic mass is 15.3. The van der Waals surface area contributed by atoms with Crippen LogP contribution in [0.25, 0.3) is 0 Å². The number of nitrogens with one attached hydrogen (secondary N) is 1. The summed E-state index contributed by atoms with van der Waals surface area (Å²) in [6.45, 7) is 5.97. The van der Waals surface area contributed by atoms with Crippen LogP contribution in [-0.2, 0) is 6.54 Å². The second-order valence-electron chi connectivity index (χ2n) is 5.45. The lowest BCUT2D eigenvalue weighted by molar-refractivity contribution is 0.585. The molecule has 5 nitrogen and oxygen atoms in total. The number of benzene rings is 1. The van der Waals surface area contributed by atoms with Crippen LogP contribution in [0.5, 0.6) is 0 Å². The number of aromatic nitrogens is 2. The molecule has 118 valence electrons. The van der Waals surface area contributed by atoms with Gasteiger partial charge in [0.15, 0.2) is 5.96 Å². The number of hydrogen-bond donors (Lipinski definition) is 2. The van der Waals surface area contributed by atoms with Crippen molar-refractivity contribution in [3.63, 3.8) is 0 Å². The molecule has 0 saturated heterocycles. The molecule has 5 heteroatoms. The smallest absolute Gasteiger partial charge is 0.193 e. The van der Waals surface area contributed by atoms with Gasteiger partial charge in [-0.05, 0) is 42.5 Å². The Kier molecular flexibility index (Phi) is 6.01. The number of aryl methyl sites for hydroxylation is 1. The Hall–Kier alpha value is -2.30. The monoisotopic (exact) mass is 299 g/mol. The molecule has 1 aromatic heterocycles. The summed E-state index contributed by atoms with van der Waals surface area (Å²) in [5.41, 5.74) is 8.23. The van der Waals surface area contributed by atoms with Crippen LogP contribution in [0.2, 0.25) is 0 Å². The van der Waals surface area contributed by atoms with Gasteiger partial charge in [-0.15, -0.1) is 0 Å². The Morgan fingerprint density at radius 2 is 2.14 bits per heavy atom. The number of anilines is 1. The molecule has 1 unspecified atom stereocenters. The van der Waals surface area contributed by atoms with Gasteiger partial charge in [-0.2, -0.15) is 5.10 Å². The first-order valence-electron chi connectivity index (χ1n) is 7.83.